The standard InChI is InChI=1S/2C14H12N2.2CHF3O3S.2H2O.2Pt/c2*1-9-3-5-11-7-8-12-6-4-10(2)16-14(12)13(11)15-9;2*2-1(3,4)8(5,6)7;;;;/h2*3-8H,1-2H3;2*(H,5,6,7);2*1H2;;/q;;;;;;2*+2/p-4. The van der Waals surface area contributed by atoms with Gasteiger partial charge in [-0.2, -0.15) is 26.3 Å². The zero-order valence-corrected chi connectivity index (χ0v) is 33.0. The van der Waals surface area contributed by atoms with Gasteiger partial charge < -0.3 is 20.1 Å². The quantitative estimate of drug-likeness (QED) is 0.0684. The number of nitrogens with zero attached hydrogens (tertiary/aromatic N) is 4. The van der Waals surface area contributed by atoms with Crippen LogP contribution in [0.15, 0.2) is 72.8 Å². The molecular formula is C30H26F6N4O8Pt2S2. The molecule has 6 aromatic rings. The number of aryl methyl sites for hydroxylation is 4. The van der Waals surface area contributed by atoms with E-state index < -0.39 is 31.3 Å². The van der Waals surface area contributed by atoms with Gasteiger partial charge in [-0.3, -0.25) is 19.9 Å². The monoisotopic (exact) mass is 1140 g/mol. The SMILES string of the molecule is Cc1ccc2ccc3ccc(C)nc3c2n1.Cc1ccc2ccc3ccc(C)nc3c2n1.O=S(=O)([O-])C(F)(F)F.O=S(=O)([O-])C(F)(F)F.[OH-].[OH-].[Pt+2].[Pt+2]. The molecule has 0 aliphatic carbocycles. The maximum atomic E-state index is 10.7. The Morgan fingerprint density at radius 3 is 0.692 bits per heavy atom. The van der Waals surface area contributed by atoms with Crippen LogP contribution in [0.2, 0.25) is 0 Å². The molecule has 0 radical (unpaired) electrons. The Hall–Kier alpha value is -3.22. The van der Waals surface area contributed by atoms with Crippen molar-refractivity contribution in [1.82, 2.24) is 19.9 Å². The average Bonchev–Trinajstić information content (AvgIpc) is 2.96. The Morgan fingerprint density at radius 1 is 0.423 bits per heavy atom. The molecule has 0 atom stereocenters. The van der Waals surface area contributed by atoms with Crippen LogP contribution in [0.5, 0.6) is 0 Å². The minimum Gasteiger partial charge on any atom is -0.870 e. The number of alkyl halides is 6. The summed E-state index contributed by atoms with van der Waals surface area (Å²) in [5.41, 5.74) is -3.16. The fourth-order valence-electron chi connectivity index (χ4n) is 3.93. The Bertz CT molecular complexity index is 2070. The minimum absolute atomic E-state index is 0. The number of hydrogen-bond donors (Lipinski definition) is 0. The van der Waals surface area contributed by atoms with Gasteiger partial charge in [-0.05, 0) is 52.0 Å². The molecule has 0 spiro atoms. The minimum atomic E-state index is -6.09. The molecule has 0 amide bonds. The summed E-state index contributed by atoms with van der Waals surface area (Å²) in [6.45, 7) is 8.03. The average molecular weight is 1140 g/mol. The Balaban J connectivity index is 0. The van der Waals surface area contributed by atoms with Crippen molar-refractivity contribution in [3.63, 3.8) is 0 Å². The summed E-state index contributed by atoms with van der Waals surface area (Å²) in [4.78, 5) is 18.3. The summed E-state index contributed by atoms with van der Waals surface area (Å²) < 4.78 is 118. The zero-order valence-electron chi connectivity index (χ0n) is 26.8. The molecule has 0 saturated heterocycles. The first kappa shape index (κ1) is 50.9. The molecule has 0 aliphatic rings. The summed E-state index contributed by atoms with van der Waals surface area (Å²) in [5, 5.41) is 4.60. The smallest absolute Gasteiger partial charge is 0.870 e. The van der Waals surface area contributed by atoms with E-state index in [2.05, 4.69) is 68.5 Å². The molecule has 0 saturated carbocycles. The second kappa shape index (κ2) is 19.7. The zero-order chi connectivity index (χ0) is 36.2. The molecular weight excluding hydrogens is 1110 g/mol. The number of halogens is 6. The van der Waals surface area contributed by atoms with Gasteiger partial charge in [0.1, 0.15) is 0 Å². The van der Waals surface area contributed by atoms with E-state index in [0.717, 1.165) is 66.4 Å². The number of hydrogen-bond acceptors (Lipinski definition) is 12. The fourth-order valence-corrected chi connectivity index (χ4v) is 3.93. The van der Waals surface area contributed by atoms with E-state index in [9.17, 15) is 26.3 Å². The van der Waals surface area contributed by atoms with Gasteiger partial charge in [0.2, 0.25) is 0 Å². The van der Waals surface area contributed by atoms with E-state index in [0.29, 0.717) is 0 Å². The third kappa shape index (κ3) is 13.6. The van der Waals surface area contributed by atoms with Crippen molar-refractivity contribution in [2.45, 2.75) is 38.7 Å². The summed E-state index contributed by atoms with van der Waals surface area (Å²) in [6, 6.07) is 24.9. The number of pyridine rings is 4. The third-order valence-electron chi connectivity index (χ3n) is 6.16. The van der Waals surface area contributed by atoms with Gasteiger partial charge in [0.15, 0.2) is 20.2 Å². The van der Waals surface area contributed by atoms with Gasteiger partial charge >= 0.3 is 53.1 Å². The molecule has 52 heavy (non-hydrogen) atoms. The van der Waals surface area contributed by atoms with Crippen LogP contribution in [0.1, 0.15) is 22.8 Å². The van der Waals surface area contributed by atoms with Crippen molar-refractivity contribution >= 4 is 63.8 Å². The molecule has 0 fully saturated rings. The molecule has 288 valence electrons. The molecule has 0 unspecified atom stereocenters. The van der Waals surface area contributed by atoms with Crippen molar-refractivity contribution in [2.24, 2.45) is 0 Å². The van der Waals surface area contributed by atoms with Gasteiger partial charge in [-0.1, -0.05) is 48.5 Å². The van der Waals surface area contributed by atoms with Crippen molar-refractivity contribution < 1.29 is 105 Å². The maximum Gasteiger partial charge on any atom is 2.00 e. The van der Waals surface area contributed by atoms with Crippen LogP contribution in [0.3, 0.4) is 0 Å². The van der Waals surface area contributed by atoms with Crippen LogP contribution in [-0.4, -0.2) is 67.8 Å². The fraction of sp³-hybridized carbons (Fsp3) is 0.200. The first-order valence-corrected chi connectivity index (χ1v) is 16.1. The molecule has 6 rings (SSSR count). The topological polar surface area (TPSA) is 226 Å². The molecule has 12 nitrogen and oxygen atoms in total. The molecule has 0 bridgehead atoms. The second-order valence-corrected chi connectivity index (χ2v) is 12.8. The van der Waals surface area contributed by atoms with Crippen molar-refractivity contribution in [2.75, 3.05) is 0 Å². The van der Waals surface area contributed by atoms with Gasteiger partial charge in [0.05, 0.1) is 22.1 Å². The first-order valence-electron chi connectivity index (χ1n) is 13.3. The van der Waals surface area contributed by atoms with E-state index in [1.54, 1.807) is 0 Å². The normalized spacial score (nSPS) is 11.2. The van der Waals surface area contributed by atoms with Gasteiger partial charge in [0.25, 0.3) is 0 Å². The summed E-state index contributed by atoms with van der Waals surface area (Å²) >= 11 is 0. The number of fused-ring (bicyclic) bond motifs is 6. The van der Waals surface area contributed by atoms with Crippen LogP contribution < -0.4 is 0 Å². The largest absolute Gasteiger partial charge is 2.00 e. The van der Waals surface area contributed by atoms with Gasteiger partial charge in [-0.15, -0.1) is 0 Å². The Kier molecular flexibility index (Phi) is 19.3. The Labute approximate surface area is 321 Å². The second-order valence-electron chi connectivity index (χ2n) is 10.0. The third-order valence-corrected chi connectivity index (χ3v) is 7.30. The van der Waals surface area contributed by atoms with Crippen molar-refractivity contribution in [3.8, 4) is 0 Å². The molecule has 2 aromatic carbocycles. The van der Waals surface area contributed by atoms with Crippen LogP contribution in [-0.2, 0) is 62.4 Å². The Morgan fingerprint density at radius 2 is 0.558 bits per heavy atom. The van der Waals surface area contributed by atoms with E-state index in [4.69, 9.17) is 25.9 Å². The van der Waals surface area contributed by atoms with Crippen LogP contribution in [0.4, 0.5) is 26.3 Å². The van der Waals surface area contributed by atoms with Crippen LogP contribution >= 0.6 is 0 Å². The van der Waals surface area contributed by atoms with Gasteiger partial charge in [-0.25, -0.2) is 16.8 Å². The van der Waals surface area contributed by atoms with Crippen molar-refractivity contribution in [3.05, 3.63) is 95.6 Å². The maximum absolute atomic E-state index is 10.7. The van der Waals surface area contributed by atoms with Crippen LogP contribution in [0, 0.1) is 27.7 Å². The summed E-state index contributed by atoms with van der Waals surface area (Å²) in [6.07, 6.45) is 0. The predicted octanol–water partition coefficient (Wildman–Crippen LogP) is 6.54. The molecule has 4 heterocycles. The number of rotatable bonds is 0. The van der Waals surface area contributed by atoms with E-state index >= 15 is 0 Å². The number of benzene rings is 2. The van der Waals surface area contributed by atoms with E-state index in [-0.39, 0.29) is 53.1 Å². The van der Waals surface area contributed by atoms with Crippen molar-refractivity contribution in [1.29, 1.82) is 0 Å². The summed E-state index contributed by atoms with van der Waals surface area (Å²) in [5.74, 6) is 0. The molecule has 22 heteroatoms. The van der Waals surface area contributed by atoms with Gasteiger partial charge in [0, 0.05) is 44.3 Å². The molecule has 2 N–H and O–H groups in total. The first-order chi connectivity index (χ1) is 22.0. The van der Waals surface area contributed by atoms with E-state index in [1.807, 2.05) is 52.0 Å². The molecule has 0 aliphatic heterocycles. The molecule has 4 aromatic heterocycles. The number of aromatic nitrogens is 4. The summed E-state index contributed by atoms with van der Waals surface area (Å²) in [7, 11) is -12.2. The van der Waals surface area contributed by atoms with E-state index in [1.165, 1.54) is 0 Å². The predicted molar refractivity (Wildman–Crippen MR) is 168 cm³/mol. The van der Waals surface area contributed by atoms with Crippen LogP contribution in [0.25, 0.3) is 43.6 Å².